The van der Waals surface area contributed by atoms with Crippen LogP contribution in [0.4, 0.5) is 4.39 Å². The summed E-state index contributed by atoms with van der Waals surface area (Å²) in [5.74, 6) is -0.740. The quantitative estimate of drug-likeness (QED) is 0.841. The van der Waals surface area contributed by atoms with Crippen molar-refractivity contribution in [3.05, 3.63) is 34.1 Å². The van der Waals surface area contributed by atoms with Crippen LogP contribution in [-0.2, 0) is 0 Å². The standard InChI is InChI=1S/C14H19BrFNO2/c1-14(2,6-3-7-18)9-17-13(19)10-4-5-11(15)12(16)8-10/h4-5,8,18H,3,6-7,9H2,1-2H3,(H,17,19). The van der Waals surface area contributed by atoms with Gasteiger partial charge in [0.05, 0.1) is 4.47 Å². The molecule has 0 aliphatic rings. The molecule has 1 aromatic carbocycles. The van der Waals surface area contributed by atoms with Crippen molar-refractivity contribution in [3.63, 3.8) is 0 Å². The predicted molar refractivity (Wildman–Crippen MR) is 76.5 cm³/mol. The Kier molecular flexibility index (Phi) is 5.94. The Labute approximate surface area is 121 Å². The zero-order chi connectivity index (χ0) is 14.5. The fraction of sp³-hybridized carbons (Fsp3) is 0.500. The van der Waals surface area contributed by atoms with Gasteiger partial charge in [0, 0.05) is 18.7 Å². The van der Waals surface area contributed by atoms with E-state index >= 15 is 0 Å². The number of carbonyl (C=O) groups is 1. The van der Waals surface area contributed by atoms with Crippen LogP contribution in [0.15, 0.2) is 22.7 Å². The maximum absolute atomic E-state index is 13.3. The van der Waals surface area contributed by atoms with E-state index in [1.165, 1.54) is 12.1 Å². The molecule has 1 amide bonds. The summed E-state index contributed by atoms with van der Waals surface area (Å²) in [7, 11) is 0. The highest BCUT2D eigenvalue weighted by atomic mass is 79.9. The fourth-order valence-electron chi connectivity index (χ4n) is 1.70. The molecule has 0 atom stereocenters. The number of amides is 1. The molecule has 0 unspecified atom stereocenters. The van der Waals surface area contributed by atoms with Crippen LogP contribution in [0.2, 0.25) is 0 Å². The van der Waals surface area contributed by atoms with E-state index in [1.807, 2.05) is 13.8 Å². The smallest absolute Gasteiger partial charge is 0.251 e. The van der Waals surface area contributed by atoms with Crippen LogP contribution in [0, 0.1) is 11.2 Å². The van der Waals surface area contributed by atoms with Crippen LogP contribution >= 0.6 is 15.9 Å². The number of halogens is 2. The average molecular weight is 332 g/mol. The second kappa shape index (κ2) is 7.01. The lowest BCUT2D eigenvalue weighted by atomic mass is 9.88. The summed E-state index contributed by atoms with van der Waals surface area (Å²) < 4.78 is 13.7. The third-order valence-electron chi connectivity index (χ3n) is 2.92. The van der Waals surface area contributed by atoms with Crippen LogP contribution < -0.4 is 5.32 Å². The summed E-state index contributed by atoms with van der Waals surface area (Å²) in [5.41, 5.74) is 0.213. The Balaban J connectivity index is 2.57. The molecule has 19 heavy (non-hydrogen) atoms. The van der Waals surface area contributed by atoms with Gasteiger partial charge in [-0.05, 0) is 52.4 Å². The molecule has 0 aromatic heterocycles. The summed E-state index contributed by atoms with van der Waals surface area (Å²) in [4.78, 5) is 11.9. The minimum absolute atomic E-state index is 0.0910. The third-order valence-corrected chi connectivity index (χ3v) is 3.56. The number of aliphatic hydroxyl groups is 1. The number of benzene rings is 1. The van der Waals surface area contributed by atoms with E-state index in [-0.39, 0.29) is 17.9 Å². The lowest BCUT2D eigenvalue weighted by Gasteiger charge is -2.24. The number of hydrogen-bond donors (Lipinski definition) is 2. The number of carbonyl (C=O) groups excluding carboxylic acids is 1. The number of nitrogens with one attached hydrogen (secondary N) is 1. The van der Waals surface area contributed by atoms with Gasteiger partial charge in [0.25, 0.3) is 5.91 Å². The van der Waals surface area contributed by atoms with Crippen molar-refractivity contribution >= 4 is 21.8 Å². The van der Waals surface area contributed by atoms with Crippen molar-refractivity contribution in [2.75, 3.05) is 13.2 Å². The first kappa shape index (κ1) is 16.1. The van der Waals surface area contributed by atoms with E-state index < -0.39 is 5.82 Å². The SMILES string of the molecule is CC(C)(CCCO)CNC(=O)c1ccc(Br)c(F)c1. The molecule has 106 valence electrons. The minimum Gasteiger partial charge on any atom is -0.396 e. The van der Waals surface area contributed by atoms with Crippen molar-refractivity contribution in [1.29, 1.82) is 0 Å². The lowest BCUT2D eigenvalue weighted by Crippen LogP contribution is -2.34. The molecule has 2 N–H and O–H groups in total. The van der Waals surface area contributed by atoms with E-state index in [1.54, 1.807) is 6.07 Å². The Morgan fingerprint density at radius 2 is 2.16 bits per heavy atom. The van der Waals surface area contributed by atoms with Crippen molar-refractivity contribution < 1.29 is 14.3 Å². The van der Waals surface area contributed by atoms with Crippen LogP contribution in [0.3, 0.4) is 0 Å². The van der Waals surface area contributed by atoms with Gasteiger partial charge in [-0.15, -0.1) is 0 Å². The maximum Gasteiger partial charge on any atom is 0.251 e. The molecule has 3 nitrogen and oxygen atoms in total. The van der Waals surface area contributed by atoms with E-state index in [0.717, 1.165) is 6.42 Å². The predicted octanol–water partition coefficient (Wildman–Crippen LogP) is 3.12. The highest BCUT2D eigenvalue weighted by Gasteiger charge is 2.19. The number of hydrogen-bond acceptors (Lipinski definition) is 2. The first-order chi connectivity index (χ1) is 8.85. The minimum atomic E-state index is -0.452. The highest BCUT2D eigenvalue weighted by Crippen LogP contribution is 2.21. The molecule has 0 fully saturated rings. The summed E-state index contributed by atoms with van der Waals surface area (Å²) in [6, 6.07) is 4.30. The largest absolute Gasteiger partial charge is 0.396 e. The van der Waals surface area contributed by atoms with Gasteiger partial charge in [0.2, 0.25) is 0 Å². The average Bonchev–Trinajstić information content (AvgIpc) is 2.37. The van der Waals surface area contributed by atoms with Crippen molar-refractivity contribution in [3.8, 4) is 0 Å². The van der Waals surface area contributed by atoms with Crippen LogP contribution in [-0.4, -0.2) is 24.2 Å². The molecule has 0 aliphatic heterocycles. The Bertz CT molecular complexity index is 449. The molecular formula is C14H19BrFNO2. The molecule has 1 aromatic rings. The molecule has 5 heteroatoms. The second-order valence-corrected chi connectivity index (χ2v) is 6.16. The summed E-state index contributed by atoms with van der Waals surface area (Å²) >= 11 is 3.05. The summed E-state index contributed by atoms with van der Waals surface area (Å²) in [5, 5.41) is 11.6. The van der Waals surface area contributed by atoms with E-state index in [2.05, 4.69) is 21.2 Å². The molecule has 0 saturated carbocycles. The first-order valence-electron chi connectivity index (χ1n) is 6.20. The Hall–Kier alpha value is -0.940. The molecule has 0 aliphatic carbocycles. The second-order valence-electron chi connectivity index (χ2n) is 5.30. The Morgan fingerprint density at radius 3 is 2.74 bits per heavy atom. The van der Waals surface area contributed by atoms with Gasteiger partial charge in [0.1, 0.15) is 5.82 Å². The molecular weight excluding hydrogens is 313 g/mol. The van der Waals surface area contributed by atoms with Gasteiger partial charge >= 0.3 is 0 Å². The van der Waals surface area contributed by atoms with Gasteiger partial charge in [-0.3, -0.25) is 4.79 Å². The van der Waals surface area contributed by atoms with Crippen molar-refractivity contribution in [1.82, 2.24) is 5.32 Å². The zero-order valence-corrected chi connectivity index (χ0v) is 12.8. The maximum atomic E-state index is 13.3. The highest BCUT2D eigenvalue weighted by molar-refractivity contribution is 9.10. The van der Waals surface area contributed by atoms with Gasteiger partial charge in [0.15, 0.2) is 0 Å². The van der Waals surface area contributed by atoms with Gasteiger partial charge < -0.3 is 10.4 Å². The van der Waals surface area contributed by atoms with Crippen LogP contribution in [0.5, 0.6) is 0 Å². The zero-order valence-electron chi connectivity index (χ0n) is 11.2. The molecule has 0 radical (unpaired) electrons. The topological polar surface area (TPSA) is 49.3 Å². The van der Waals surface area contributed by atoms with Crippen LogP contribution in [0.1, 0.15) is 37.0 Å². The van der Waals surface area contributed by atoms with Gasteiger partial charge in [-0.2, -0.15) is 0 Å². The third kappa shape index (κ3) is 5.28. The lowest BCUT2D eigenvalue weighted by molar-refractivity contribution is 0.0932. The van der Waals surface area contributed by atoms with E-state index in [4.69, 9.17) is 5.11 Å². The normalized spacial score (nSPS) is 11.4. The Morgan fingerprint density at radius 1 is 1.47 bits per heavy atom. The van der Waals surface area contributed by atoms with Crippen LogP contribution in [0.25, 0.3) is 0 Å². The van der Waals surface area contributed by atoms with Gasteiger partial charge in [-0.1, -0.05) is 13.8 Å². The van der Waals surface area contributed by atoms with E-state index in [9.17, 15) is 9.18 Å². The van der Waals surface area contributed by atoms with Crippen molar-refractivity contribution in [2.24, 2.45) is 5.41 Å². The fourth-order valence-corrected chi connectivity index (χ4v) is 1.95. The molecule has 0 spiro atoms. The number of aliphatic hydroxyl groups excluding tert-OH is 1. The first-order valence-corrected chi connectivity index (χ1v) is 6.99. The molecule has 0 heterocycles. The number of rotatable bonds is 6. The summed E-state index contributed by atoms with van der Waals surface area (Å²) in [6.45, 7) is 4.68. The summed E-state index contributed by atoms with van der Waals surface area (Å²) in [6.07, 6.45) is 1.52. The molecule has 0 saturated heterocycles. The molecule has 1 rings (SSSR count). The van der Waals surface area contributed by atoms with Crippen molar-refractivity contribution in [2.45, 2.75) is 26.7 Å². The monoisotopic (exact) mass is 331 g/mol. The van der Waals surface area contributed by atoms with Gasteiger partial charge in [-0.25, -0.2) is 4.39 Å². The van der Waals surface area contributed by atoms with E-state index in [0.29, 0.717) is 23.0 Å². The molecule has 0 bridgehead atoms.